The van der Waals surface area contributed by atoms with E-state index in [0.717, 1.165) is 27.7 Å². The summed E-state index contributed by atoms with van der Waals surface area (Å²) in [6.45, 7) is 2.11. The number of nitrogens with one attached hydrogen (secondary N) is 1. The third-order valence-corrected chi connectivity index (χ3v) is 3.65. The Morgan fingerprint density at radius 3 is 2.52 bits per heavy atom. The summed E-state index contributed by atoms with van der Waals surface area (Å²) >= 11 is 6.13. The van der Waals surface area contributed by atoms with Gasteiger partial charge < -0.3 is 15.0 Å². The van der Waals surface area contributed by atoms with Crippen LogP contribution in [0.1, 0.15) is 18.5 Å². The summed E-state index contributed by atoms with van der Waals surface area (Å²) in [6.07, 6.45) is 0. The Morgan fingerprint density at radius 1 is 1.14 bits per heavy atom. The van der Waals surface area contributed by atoms with Crippen LogP contribution in [0.25, 0.3) is 0 Å². The topological polar surface area (TPSA) is 24.5 Å². The van der Waals surface area contributed by atoms with Crippen molar-refractivity contribution in [3.05, 3.63) is 53.1 Å². The van der Waals surface area contributed by atoms with Crippen LogP contribution < -0.4 is 15.0 Å². The Labute approximate surface area is 131 Å². The zero-order chi connectivity index (χ0) is 15.4. The van der Waals surface area contributed by atoms with Gasteiger partial charge in [0.05, 0.1) is 24.5 Å². The van der Waals surface area contributed by atoms with Crippen LogP contribution in [0.2, 0.25) is 5.02 Å². The number of benzene rings is 2. The Morgan fingerprint density at radius 2 is 1.86 bits per heavy atom. The molecule has 0 aliphatic rings. The number of anilines is 2. The largest absolute Gasteiger partial charge is 0.496 e. The molecule has 21 heavy (non-hydrogen) atoms. The molecule has 1 N–H and O–H groups in total. The lowest BCUT2D eigenvalue weighted by atomic mass is 10.1. The summed E-state index contributed by atoms with van der Waals surface area (Å²) in [5, 5.41) is 4.24. The van der Waals surface area contributed by atoms with Crippen LogP contribution in [-0.4, -0.2) is 21.2 Å². The van der Waals surface area contributed by atoms with Gasteiger partial charge in [-0.25, -0.2) is 0 Å². The van der Waals surface area contributed by atoms with Crippen molar-refractivity contribution in [3.8, 4) is 5.75 Å². The van der Waals surface area contributed by atoms with Gasteiger partial charge in [0.1, 0.15) is 5.75 Å². The second kappa shape index (κ2) is 6.72. The fourth-order valence-corrected chi connectivity index (χ4v) is 2.52. The zero-order valence-corrected chi connectivity index (χ0v) is 13.6. The normalized spacial score (nSPS) is 11.9. The number of hydrogen-bond donors (Lipinski definition) is 1. The molecule has 0 amide bonds. The monoisotopic (exact) mass is 304 g/mol. The smallest absolute Gasteiger partial charge is 0.124 e. The first-order chi connectivity index (χ1) is 10.0. The third-order valence-electron chi connectivity index (χ3n) is 3.42. The summed E-state index contributed by atoms with van der Waals surface area (Å²) in [4.78, 5) is 2.06. The van der Waals surface area contributed by atoms with E-state index in [1.807, 2.05) is 50.5 Å². The second-order valence-electron chi connectivity index (χ2n) is 5.16. The highest BCUT2D eigenvalue weighted by Gasteiger charge is 2.13. The minimum atomic E-state index is 0.110. The number of halogens is 1. The van der Waals surface area contributed by atoms with Gasteiger partial charge in [-0.3, -0.25) is 0 Å². The maximum atomic E-state index is 6.13. The van der Waals surface area contributed by atoms with Crippen LogP contribution in [0.15, 0.2) is 42.5 Å². The van der Waals surface area contributed by atoms with E-state index >= 15 is 0 Å². The molecule has 2 rings (SSSR count). The zero-order valence-electron chi connectivity index (χ0n) is 12.9. The molecule has 0 aliphatic carbocycles. The number of para-hydroxylation sites is 1. The van der Waals surface area contributed by atoms with Gasteiger partial charge in [-0.2, -0.15) is 0 Å². The minimum Gasteiger partial charge on any atom is -0.496 e. The first-order valence-electron chi connectivity index (χ1n) is 6.89. The average molecular weight is 305 g/mol. The minimum absolute atomic E-state index is 0.110. The number of nitrogens with zero attached hydrogens (tertiary/aromatic N) is 1. The van der Waals surface area contributed by atoms with Gasteiger partial charge in [-0.1, -0.05) is 29.8 Å². The third kappa shape index (κ3) is 3.61. The number of methoxy groups -OCH3 is 1. The number of hydrogen-bond acceptors (Lipinski definition) is 3. The summed E-state index contributed by atoms with van der Waals surface area (Å²) in [7, 11) is 5.72. The quantitative estimate of drug-likeness (QED) is 0.874. The van der Waals surface area contributed by atoms with Gasteiger partial charge in [0, 0.05) is 24.7 Å². The molecule has 2 aromatic carbocycles. The molecule has 0 bridgehead atoms. The lowest BCUT2D eigenvalue weighted by Gasteiger charge is -2.23. The highest BCUT2D eigenvalue weighted by Crippen LogP contribution is 2.33. The molecule has 0 saturated carbocycles. The molecule has 0 saturated heterocycles. The molecule has 1 unspecified atom stereocenters. The van der Waals surface area contributed by atoms with Crippen molar-refractivity contribution in [3.63, 3.8) is 0 Å². The molecule has 0 spiro atoms. The van der Waals surface area contributed by atoms with Crippen molar-refractivity contribution in [1.29, 1.82) is 0 Å². The molecule has 112 valence electrons. The molecule has 0 aromatic heterocycles. The Bertz CT molecular complexity index is 613. The fourth-order valence-electron chi connectivity index (χ4n) is 2.35. The summed E-state index contributed by atoms with van der Waals surface area (Å²) in [5.41, 5.74) is 3.22. The predicted molar refractivity (Wildman–Crippen MR) is 90.8 cm³/mol. The molecule has 3 nitrogen and oxygen atoms in total. The van der Waals surface area contributed by atoms with Crippen molar-refractivity contribution in [2.24, 2.45) is 0 Å². The van der Waals surface area contributed by atoms with E-state index in [-0.39, 0.29) is 6.04 Å². The van der Waals surface area contributed by atoms with Crippen molar-refractivity contribution in [1.82, 2.24) is 0 Å². The van der Waals surface area contributed by atoms with E-state index < -0.39 is 0 Å². The predicted octanol–water partition coefficient (Wildman–Crippen LogP) is 4.59. The first kappa shape index (κ1) is 15.5. The summed E-state index contributed by atoms with van der Waals surface area (Å²) in [6, 6.07) is 14.0. The molecular weight excluding hydrogens is 284 g/mol. The lowest BCUT2D eigenvalue weighted by Crippen LogP contribution is -2.14. The molecule has 4 heteroatoms. The van der Waals surface area contributed by atoms with Crippen LogP contribution in [-0.2, 0) is 0 Å². The standard InChI is InChI=1S/C17H21ClN2O/c1-12(14-7-5-6-8-17(14)21-4)19-15-11-13(18)9-10-16(15)20(2)3/h5-12,19H,1-4H3. The lowest BCUT2D eigenvalue weighted by molar-refractivity contribution is 0.408. The van der Waals surface area contributed by atoms with Gasteiger partial charge in [0.2, 0.25) is 0 Å². The van der Waals surface area contributed by atoms with E-state index in [4.69, 9.17) is 16.3 Å². The molecule has 2 aromatic rings. The Kier molecular flexibility index (Phi) is 4.97. The van der Waals surface area contributed by atoms with Gasteiger partial charge in [0.15, 0.2) is 0 Å². The molecule has 0 fully saturated rings. The van der Waals surface area contributed by atoms with E-state index in [0.29, 0.717) is 0 Å². The molecule has 0 radical (unpaired) electrons. The highest BCUT2D eigenvalue weighted by molar-refractivity contribution is 6.31. The van der Waals surface area contributed by atoms with Crippen LogP contribution in [0.3, 0.4) is 0 Å². The van der Waals surface area contributed by atoms with E-state index in [1.165, 1.54) is 0 Å². The second-order valence-corrected chi connectivity index (χ2v) is 5.60. The highest BCUT2D eigenvalue weighted by atomic mass is 35.5. The van der Waals surface area contributed by atoms with Gasteiger partial charge in [0.25, 0.3) is 0 Å². The van der Waals surface area contributed by atoms with Crippen molar-refractivity contribution in [2.75, 3.05) is 31.4 Å². The first-order valence-corrected chi connectivity index (χ1v) is 7.27. The van der Waals surface area contributed by atoms with E-state index in [2.05, 4.69) is 23.2 Å². The maximum Gasteiger partial charge on any atom is 0.124 e. The van der Waals surface area contributed by atoms with Crippen molar-refractivity contribution in [2.45, 2.75) is 13.0 Å². The van der Waals surface area contributed by atoms with Crippen molar-refractivity contribution < 1.29 is 4.74 Å². The Balaban J connectivity index is 2.31. The average Bonchev–Trinajstić information content (AvgIpc) is 2.46. The number of rotatable bonds is 5. The molecule has 1 atom stereocenters. The van der Waals surface area contributed by atoms with Gasteiger partial charge >= 0.3 is 0 Å². The SMILES string of the molecule is COc1ccccc1C(C)Nc1cc(Cl)ccc1N(C)C. The van der Waals surface area contributed by atoms with Gasteiger partial charge in [-0.15, -0.1) is 0 Å². The molecule has 0 aliphatic heterocycles. The Hall–Kier alpha value is -1.87. The summed E-state index contributed by atoms with van der Waals surface area (Å²) in [5.74, 6) is 0.880. The molecule has 0 heterocycles. The molecular formula is C17H21ClN2O. The van der Waals surface area contributed by atoms with Crippen LogP contribution in [0.5, 0.6) is 5.75 Å². The van der Waals surface area contributed by atoms with E-state index in [9.17, 15) is 0 Å². The number of ether oxygens (including phenoxy) is 1. The summed E-state index contributed by atoms with van der Waals surface area (Å²) < 4.78 is 5.43. The van der Waals surface area contributed by atoms with Gasteiger partial charge in [-0.05, 0) is 31.2 Å². The van der Waals surface area contributed by atoms with E-state index in [1.54, 1.807) is 7.11 Å². The van der Waals surface area contributed by atoms with Crippen LogP contribution >= 0.6 is 11.6 Å². The fraction of sp³-hybridized carbons (Fsp3) is 0.294. The van der Waals surface area contributed by atoms with Crippen LogP contribution in [0, 0.1) is 0 Å². The van der Waals surface area contributed by atoms with Crippen molar-refractivity contribution >= 4 is 23.0 Å². The van der Waals surface area contributed by atoms with Crippen LogP contribution in [0.4, 0.5) is 11.4 Å². The maximum absolute atomic E-state index is 6.13.